The molecule has 1 aromatic heterocycles. The third kappa shape index (κ3) is 4.70. The second-order valence-electron chi connectivity index (χ2n) is 7.33. The molecule has 24 heavy (non-hydrogen) atoms. The Balaban J connectivity index is 2.19. The molecule has 0 aliphatic rings. The standard InChI is InChI=1S/C20H28N2O2/c1-7-17-12-15(3)21-22(17)18-10-8-9-16(13-18)14(2)11-19(23)24-20(4,5)6/h8-10,12-14H,7,11H2,1-6H3. The molecule has 0 radical (unpaired) electrons. The van der Waals surface area contributed by atoms with Crippen LogP contribution < -0.4 is 0 Å². The number of nitrogens with zero attached hydrogens (tertiary/aromatic N) is 2. The fourth-order valence-corrected chi connectivity index (χ4v) is 2.74. The number of hydrogen-bond donors (Lipinski definition) is 0. The molecule has 4 nitrogen and oxygen atoms in total. The molecular formula is C20H28N2O2. The van der Waals surface area contributed by atoms with Crippen LogP contribution in [-0.2, 0) is 16.0 Å². The summed E-state index contributed by atoms with van der Waals surface area (Å²) in [5.41, 5.74) is 3.91. The SMILES string of the molecule is CCc1cc(C)nn1-c1cccc(C(C)CC(=O)OC(C)(C)C)c1. The molecular weight excluding hydrogens is 300 g/mol. The molecule has 130 valence electrons. The number of carbonyl (C=O) groups excluding carboxylic acids is 1. The van der Waals surface area contributed by atoms with Gasteiger partial charge in [0.1, 0.15) is 5.60 Å². The Bertz CT molecular complexity index is 711. The summed E-state index contributed by atoms with van der Waals surface area (Å²) >= 11 is 0. The zero-order valence-electron chi connectivity index (χ0n) is 15.6. The third-order valence-electron chi connectivity index (χ3n) is 3.84. The van der Waals surface area contributed by atoms with Crippen LogP contribution in [0.1, 0.15) is 63.9 Å². The summed E-state index contributed by atoms with van der Waals surface area (Å²) < 4.78 is 7.41. The van der Waals surface area contributed by atoms with Gasteiger partial charge < -0.3 is 4.74 Å². The maximum absolute atomic E-state index is 12.1. The van der Waals surface area contributed by atoms with E-state index in [1.165, 1.54) is 5.69 Å². The van der Waals surface area contributed by atoms with E-state index in [1.54, 1.807) is 0 Å². The summed E-state index contributed by atoms with van der Waals surface area (Å²) in [6.45, 7) is 11.9. The third-order valence-corrected chi connectivity index (χ3v) is 3.84. The molecule has 0 spiro atoms. The van der Waals surface area contributed by atoms with Crippen LogP contribution in [-0.4, -0.2) is 21.4 Å². The lowest BCUT2D eigenvalue weighted by atomic mass is 9.97. The second-order valence-corrected chi connectivity index (χ2v) is 7.33. The number of esters is 1. The van der Waals surface area contributed by atoms with Crippen molar-refractivity contribution in [3.05, 3.63) is 47.3 Å². The molecule has 0 saturated carbocycles. The first-order chi connectivity index (χ1) is 11.2. The zero-order chi connectivity index (χ0) is 17.9. The van der Waals surface area contributed by atoms with E-state index in [9.17, 15) is 4.79 Å². The molecule has 0 aliphatic carbocycles. The molecule has 0 saturated heterocycles. The van der Waals surface area contributed by atoms with E-state index in [1.807, 2.05) is 38.4 Å². The van der Waals surface area contributed by atoms with Gasteiger partial charge in [0.05, 0.1) is 17.8 Å². The normalized spacial score (nSPS) is 12.9. The molecule has 1 unspecified atom stereocenters. The molecule has 4 heteroatoms. The van der Waals surface area contributed by atoms with Crippen molar-refractivity contribution in [1.82, 2.24) is 9.78 Å². The maximum Gasteiger partial charge on any atom is 0.306 e. The highest BCUT2D eigenvalue weighted by molar-refractivity contribution is 5.71. The lowest BCUT2D eigenvalue weighted by Gasteiger charge is -2.21. The van der Waals surface area contributed by atoms with Gasteiger partial charge in [-0.3, -0.25) is 4.79 Å². The van der Waals surface area contributed by atoms with Crippen molar-refractivity contribution in [3.63, 3.8) is 0 Å². The quantitative estimate of drug-likeness (QED) is 0.755. The molecule has 1 heterocycles. The van der Waals surface area contributed by atoms with Crippen molar-refractivity contribution < 1.29 is 9.53 Å². The molecule has 2 aromatic rings. The van der Waals surface area contributed by atoms with Crippen LogP contribution in [0.2, 0.25) is 0 Å². The molecule has 1 atom stereocenters. The van der Waals surface area contributed by atoms with Crippen molar-refractivity contribution in [2.24, 2.45) is 0 Å². The molecule has 2 rings (SSSR count). The highest BCUT2D eigenvalue weighted by Gasteiger charge is 2.19. The Kier molecular flexibility index (Phi) is 5.47. The van der Waals surface area contributed by atoms with Gasteiger partial charge in [-0.15, -0.1) is 0 Å². The largest absolute Gasteiger partial charge is 0.460 e. The van der Waals surface area contributed by atoms with Crippen molar-refractivity contribution in [1.29, 1.82) is 0 Å². The average molecular weight is 328 g/mol. The Labute approximate surface area is 144 Å². The van der Waals surface area contributed by atoms with E-state index in [0.29, 0.717) is 6.42 Å². The van der Waals surface area contributed by atoms with E-state index in [4.69, 9.17) is 4.74 Å². The van der Waals surface area contributed by atoms with Gasteiger partial charge in [0.2, 0.25) is 0 Å². The van der Waals surface area contributed by atoms with Crippen LogP contribution in [0.3, 0.4) is 0 Å². The van der Waals surface area contributed by atoms with E-state index >= 15 is 0 Å². The number of ether oxygens (including phenoxy) is 1. The van der Waals surface area contributed by atoms with Crippen molar-refractivity contribution >= 4 is 5.97 Å². The van der Waals surface area contributed by atoms with Crippen LogP contribution >= 0.6 is 0 Å². The fourth-order valence-electron chi connectivity index (χ4n) is 2.74. The Hall–Kier alpha value is -2.10. The lowest BCUT2D eigenvalue weighted by Crippen LogP contribution is -2.24. The van der Waals surface area contributed by atoms with Crippen molar-refractivity contribution in [2.45, 2.75) is 65.9 Å². The highest BCUT2D eigenvalue weighted by Crippen LogP contribution is 2.24. The predicted molar refractivity (Wildman–Crippen MR) is 96.6 cm³/mol. The first kappa shape index (κ1) is 18.2. The number of rotatable bonds is 5. The number of aryl methyl sites for hydroxylation is 2. The number of carbonyl (C=O) groups is 1. The van der Waals surface area contributed by atoms with Gasteiger partial charge in [0.15, 0.2) is 0 Å². The molecule has 0 aliphatic heterocycles. The van der Waals surface area contributed by atoms with E-state index in [-0.39, 0.29) is 11.9 Å². The zero-order valence-corrected chi connectivity index (χ0v) is 15.6. The van der Waals surface area contributed by atoms with Gasteiger partial charge >= 0.3 is 5.97 Å². The summed E-state index contributed by atoms with van der Waals surface area (Å²) in [5, 5.41) is 4.59. The van der Waals surface area contributed by atoms with Crippen LogP contribution in [0.5, 0.6) is 0 Å². The molecule has 1 aromatic carbocycles. The Morgan fingerprint density at radius 1 is 1.29 bits per heavy atom. The Morgan fingerprint density at radius 2 is 2.00 bits per heavy atom. The number of hydrogen-bond acceptors (Lipinski definition) is 3. The smallest absolute Gasteiger partial charge is 0.306 e. The van der Waals surface area contributed by atoms with E-state index in [0.717, 1.165) is 23.4 Å². The number of aromatic nitrogens is 2. The lowest BCUT2D eigenvalue weighted by molar-refractivity contribution is -0.155. The molecule has 0 amide bonds. The molecule has 0 fully saturated rings. The summed E-state index contributed by atoms with van der Waals surface area (Å²) in [4.78, 5) is 12.1. The minimum Gasteiger partial charge on any atom is -0.460 e. The summed E-state index contributed by atoms with van der Waals surface area (Å²) in [6.07, 6.45) is 1.30. The highest BCUT2D eigenvalue weighted by atomic mass is 16.6. The van der Waals surface area contributed by atoms with Crippen LogP contribution in [0, 0.1) is 6.92 Å². The minimum atomic E-state index is -0.443. The monoisotopic (exact) mass is 328 g/mol. The molecule has 0 bridgehead atoms. The van der Waals surface area contributed by atoms with Gasteiger partial charge in [-0.2, -0.15) is 5.10 Å². The number of benzene rings is 1. The van der Waals surface area contributed by atoms with Crippen LogP contribution in [0.4, 0.5) is 0 Å². The summed E-state index contributed by atoms with van der Waals surface area (Å²) in [5.74, 6) is -0.0638. The predicted octanol–water partition coefficient (Wildman–Crippen LogP) is 4.58. The van der Waals surface area contributed by atoms with Gasteiger partial charge in [-0.05, 0) is 63.8 Å². The second kappa shape index (κ2) is 7.20. The van der Waals surface area contributed by atoms with E-state index in [2.05, 4.69) is 43.2 Å². The Morgan fingerprint density at radius 3 is 2.62 bits per heavy atom. The average Bonchev–Trinajstić information content (AvgIpc) is 2.86. The van der Waals surface area contributed by atoms with Gasteiger partial charge in [0.25, 0.3) is 0 Å². The maximum atomic E-state index is 12.1. The van der Waals surface area contributed by atoms with Crippen molar-refractivity contribution in [3.8, 4) is 5.69 Å². The van der Waals surface area contributed by atoms with E-state index < -0.39 is 5.60 Å². The van der Waals surface area contributed by atoms with Gasteiger partial charge in [-0.25, -0.2) is 4.68 Å². The fraction of sp³-hybridized carbons (Fsp3) is 0.500. The van der Waals surface area contributed by atoms with Crippen LogP contribution in [0.15, 0.2) is 30.3 Å². The topological polar surface area (TPSA) is 44.1 Å². The minimum absolute atomic E-state index is 0.0986. The summed E-state index contributed by atoms with van der Waals surface area (Å²) in [6, 6.07) is 10.3. The summed E-state index contributed by atoms with van der Waals surface area (Å²) in [7, 11) is 0. The first-order valence-electron chi connectivity index (χ1n) is 8.57. The van der Waals surface area contributed by atoms with Crippen molar-refractivity contribution in [2.75, 3.05) is 0 Å². The van der Waals surface area contributed by atoms with Gasteiger partial charge in [0, 0.05) is 5.69 Å². The van der Waals surface area contributed by atoms with Crippen LogP contribution in [0.25, 0.3) is 5.69 Å². The first-order valence-corrected chi connectivity index (χ1v) is 8.57. The van der Waals surface area contributed by atoms with Gasteiger partial charge in [-0.1, -0.05) is 26.0 Å². The molecule has 0 N–H and O–H groups in total.